The SMILES string of the molecule is Cc1nnc(S[C@H](C(=O)NC(N)=O)C(C)C)n1C. The summed E-state index contributed by atoms with van der Waals surface area (Å²) in [4.78, 5) is 22.5. The van der Waals surface area contributed by atoms with Crippen molar-refractivity contribution in [3.63, 3.8) is 0 Å². The number of hydrogen-bond acceptors (Lipinski definition) is 5. The molecule has 0 aliphatic rings. The first kappa shape index (κ1) is 14.5. The number of carbonyl (C=O) groups is 2. The van der Waals surface area contributed by atoms with Gasteiger partial charge in [-0.1, -0.05) is 25.6 Å². The number of urea groups is 1. The number of hydrogen-bond donors (Lipinski definition) is 2. The molecule has 8 heteroatoms. The van der Waals surface area contributed by atoms with Gasteiger partial charge < -0.3 is 10.3 Å². The molecule has 3 N–H and O–H groups in total. The largest absolute Gasteiger partial charge is 0.351 e. The molecule has 0 unspecified atom stereocenters. The molecule has 1 aromatic rings. The predicted molar refractivity (Wildman–Crippen MR) is 67.9 cm³/mol. The van der Waals surface area contributed by atoms with Crippen LogP contribution < -0.4 is 11.1 Å². The Kier molecular flexibility index (Phi) is 4.71. The van der Waals surface area contributed by atoms with Crippen LogP contribution in [-0.2, 0) is 11.8 Å². The van der Waals surface area contributed by atoms with Crippen LogP contribution in [-0.4, -0.2) is 32.0 Å². The normalized spacial score (nSPS) is 12.5. The van der Waals surface area contributed by atoms with Gasteiger partial charge in [0.05, 0.1) is 5.25 Å². The lowest BCUT2D eigenvalue weighted by Crippen LogP contribution is -2.42. The van der Waals surface area contributed by atoms with Crippen LogP contribution in [0.2, 0.25) is 0 Å². The van der Waals surface area contributed by atoms with E-state index < -0.39 is 17.2 Å². The Bertz CT molecular complexity index is 457. The number of nitrogens with one attached hydrogen (secondary N) is 1. The van der Waals surface area contributed by atoms with Gasteiger partial charge in [-0.05, 0) is 12.8 Å². The van der Waals surface area contributed by atoms with Gasteiger partial charge in [-0.3, -0.25) is 10.1 Å². The van der Waals surface area contributed by atoms with Gasteiger partial charge >= 0.3 is 6.03 Å². The molecule has 0 radical (unpaired) electrons. The number of nitrogens with zero attached hydrogens (tertiary/aromatic N) is 3. The minimum absolute atomic E-state index is 0.0337. The van der Waals surface area contributed by atoms with Crippen LogP contribution in [0.5, 0.6) is 0 Å². The van der Waals surface area contributed by atoms with Crippen LogP contribution in [0.1, 0.15) is 19.7 Å². The number of amides is 3. The van der Waals surface area contributed by atoms with Gasteiger partial charge in [0.1, 0.15) is 5.82 Å². The van der Waals surface area contributed by atoms with E-state index in [9.17, 15) is 9.59 Å². The molecule has 0 aromatic carbocycles. The molecule has 0 fully saturated rings. The fraction of sp³-hybridized carbons (Fsp3) is 0.600. The van der Waals surface area contributed by atoms with E-state index in [1.807, 2.05) is 27.8 Å². The Morgan fingerprint density at radius 1 is 1.39 bits per heavy atom. The predicted octanol–water partition coefficient (Wildman–Crippen LogP) is 0.435. The number of thioether (sulfide) groups is 1. The molecule has 7 nitrogen and oxygen atoms in total. The molecule has 100 valence electrons. The fourth-order valence-corrected chi connectivity index (χ4v) is 2.33. The van der Waals surface area contributed by atoms with Gasteiger partial charge in [0, 0.05) is 7.05 Å². The average Bonchev–Trinajstić information content (AvgIpc) is 2.55. The second-order valence-corrected chi connectivity index (χ2v) is 5.33. The standard InChI is InChI=1S/C10H17N5O2S/c1-5(2)7(8(16)12-9(11)17)18-10-14-13-6(3)15(10)4/h5,7H,1-4H3,(H3,11,12,16,17)/t7-/m0/s1. The van der Waals surface area contributed by atoms with Crippen molar-refractivity contribution >= 4 is 23.7 Å². The highest BCUT2D eigenvalue weighted by atomic mass is 32.2. The Morgan fingerprint density at radius 3 is 2.39 bits per heavy atom. The van der Waals surface area contributed by atoms with Crippen LogP contribution >= 0.6 is 11.8 Å². The van der Waals surface area contributed by atoms with E-state index in [-0.39, 0.29) is 5.92 Å². The van der Waals surface area contributed by atoms with Crippen molar-refractivity contribution in [3.05, 3.63) is 5.82 Å². The van der Waals surface area contributed by atoms with Gasteiger partial charge in [0.25, 0.3) is 0 Å². The van der Waals surface area contributed by atoms with Crippen molar-refractivity contribution in [1.82, 2.24) is 20.1 Å². The lowest BCUT2D eigenvalue weighted by atomic mass is 10.1. The van der Waals surface area contributed by atoms with E-state index in [0.717, 1.165) is 5.82 Å². The van der Waals surface area contributed by atoms with Crippen LogP contribution in [0, 0.1) is 12.8 Å². The van der Waals surface area contributed by atoms with E-state index in [1.165, 1.54) is 11.8 Å². The molecule has 1 rings (SSSR count). The number of aromatic nitrogens is 3. The van der Waals surface area contributed by atoms with Crippen molar-refractivity contribution in [2.75, 3.05) is 0 Å². The Morgan fingerprint density at radius 2 is 2.00 bits per heavy atom. The number of carbonyl (C=O) groups excluding carboxylic acids is 2. The highest BCUT2D eigenvalue weighted by molar-refractivity contribution is 8.00. The first-order chi connectivity index (χ1) is 8.32. The van der Waals surface area contributed by atoms with Crippen LogP contribution in [0.3, 0.4) is 0 Å². The third kappa shape index (κ3) is 3.46. The third-order valence-corrected chi connectivity index (χ3v) is 3.97. The van der Waals surface area contributed by atoms with E-state index in [1.54, 1.807) is 4.57 Å². The Labute approximate surface area is 110 Å². The average molecular weight is 271 g/mol. The van der Waals surface area contributed by atoms with E-state index in [0.29, 0.717) is 5.16 Å². The molecule has 18 heavy (non-hydrogen) atoms. The van der Waals surface area contributed by atoms with Crippen molar-refractivity contribution < 1.29 is 9.59 Å². The second-order valence-electron chi connectivity index (χ2n) is 4.22. The van der Waals surface area contributed by atoms with E-state index >= 15 is 0 Å². The monoisotopic (exact) mass is 271 g/mol. The molecule has 0 saturated carbocycles. The molecular formula is C10H17N5O2S. The van der Waals surface area contributed by atoms with Crippen molar-refractivity contribution in [2.45, 2.75) is 31.2 Å². The first-order valence-corrected chi connectivity index (χ1v) is 6.33. The molecule has 0 bridgehead atoms. The summed E-state index contributed by atoms with van der Waals surface area (Å²) < 4.78 is 1.79. The minimum atomic E-state index is -0.847. The molecule has 1 atom stereocenters. The lowest BCUT2D eigenvalue weighted by Gasteiger charge is -2.17. The molecule has 0 aliphatic heterocycles. The third-order valence-electron chi connectivity index (χ3n) is 2.40. The Balaban J connectivity index is 2.84. The topological polar surface area (TPSA) is 103 Å². The summed E-state index contributed by atoms with van der Waals surface area (Å²) in [5.41, 5.74) is 4.95. The van der Waals surface area contributed by atoms with Crippen LogP contribution in [0.25, 0.3) is 0 Å². The van der Waals surface area contributed by atoms with Crippen LogP contribution in [0.4, 0.5) is 4.79 Å². The van der Waals surface area contributed by atoms with Crippen molar-refractivity contribution in [3.8, 4) is 0 Å². The van der Waals surface area contributed by atoms with Gasteiger partial charge in [0.2, 0.25) is 5.91 Å². The van der Waals surface area contributed by atoms with Crippen molar-refractivity contribution in [1.29, 1.82) is 0 Å². The number of nitrogens with two attached hydrogens (primary N) is 1. The Hall–Kier alpha value is -1.57. The summed E-state index contributed by atoms with van der Waals surface area (Å²) >= 11 is 1.26. The van der Waals surface area contributed by atoms with Crippen LogP contribution in [0.15, 0.2) is 5.16 Å². The summed E-state index contributed by atoms with van der Waals surface area (Å²) in [6.45, 7) is 5.61. The highest BCUT2D eigenvalue weighted by Gasteiger charge is 2.26. The zero-order valence-corrected chi connectivity index (χ0v) is 11.6. The molecule has 1 aromatic heterocycles. The first-order valence-electron chi connectivity index (χ1n) is 5.46. The molecule has 1 heterocycles. The second kappa shape index (κ2) is 5.85. The number of aryl methyl sites for hydroxylation is 1. The quantitative estimate of drug-likeness (QED) is 0.773. The maximum atomic E-state index is 11.8. The summed E-state index contributed by atoms with van der Waals surface area (Å²) in [6, 6.07) is -0.847. The summed E-state index contributed by atoms with van der Waals surface area (Å²) in [5.74, 6) is 0.379. The van der Waals surface area contributed by atoms with Gasteiger partial charge in [0.15, 0.2) is 5.16 Å². The number of imide groups is 1. The smallest absolute Gasteiger partial charge is 0.318 e. The summed E-state index contributed by atoms with van der Waals surface area (Å²) in [5, 5.41) is 10.2. The summed E-state index contributed by atoms with van der Waals surface area (Å²) in [7, 11) is 1.82. The molecule has 0 aliphatic carbocycles. The molecule has 0 saturated heterocycles. The fourth-order valence-electron chi connectivity index (χ4n) is 1.29. The highest BCUT2D eigenvalue weighted by Crippen LogP contribution is 2.26. The zero-order valence-electron chi connectivity index (χ0n) is 10.8. The minimum Gasteiger partial charge on any atom is -0.351 e. The van der Waals surface area contributed by atoms with E-state index in [2.05, 4.69) is 15.5 Å². The van der Waals surface area contributed by atoms with Crippen molar-refractivity contribution in [2.24, 2.45) is 18.7 Å². The van der Waals surface area contributed by atoms with Gasteiger partial charge in [-0.15, -0.1) is 10.2 Å². The summed E-state index contributed by atoms with van der Waals surface area (Å²) in [6.07, 6.45) is 0. The maximum absolute atomic E-state index is 11.8. The molecule has 0 spiro atoms. The van der Waals surface area contributed by atoms with Gasteiger partial charge in [-0.25, -0.2) is 4.79 Å². The molecular weight excluding hydrogens is 254 g/mol. The lowest BCUT2D eigenvalue weighted by molar-refractivity contribution is -0.120. The maximum Gasteiger partial charge on any atom is 0.318 e. The number of primary amides is 1. The molecule has 3 amide bonds. The number of rotatable bonds is 4. The van der Waals surface area contributed by atoms with E-state index in [4.69, 9.17) is 5.73 Å². The zero-order chi connectivity index (χ0) is 13.9. The van der Waals surface area contributed by atoms with Gasteiger partial charge in [-0.2, -0.15) is 0 Å².